The van der Waals surface area contributed by atoms with Gasteiger partial charge in [-0.3, -0.25) is 4.79 Å². The number of hydrogen-bond donors (Lipinski definition) is 2. The average Bonchev–Trinajstić information content (AvgIpc) is 2.86. The first-order valence-corrected chi connectivity index (χ1v) is 7.83. The van der Waals surface area contributed by atoms with Gasteiger partial charge in [0.15, 0.2) is 0 Å². The normalized spacial score (nSPS) is 20.1. The average molecular weight is 309 g/mol. The minimum atomic E-state index is -0.0810. The summed E-state index contributed by atoms with van der Waals surface area (Å²) in [5, 5.41) is 4.55. The molecule has 0 radical (unpaired) electrons. The van der Waals surface area contributed by atoms with Crippen molar-refractivity contribution in [2.45, 2.75) is 20.3 Å². The lowest BCUT2D eigenvalue weighted by atomic mass is 10.1. The van der Waals surface area contributed by atoms with Crippen LogP contribution in [0.5, 0.6) is 0 Å². The predicted molar refractivity (Wildman–Crippen MR) is 85.5 cm³/mol. The largest absolute Gasteiger partial charge is 0.397 e. The van der Waals surface area contributed by atoms with Crippen molar-refractivity contribution >= 4 is 44.6 Å². The standard InChI is InChI=1S/C15H17ClN2OS/c1-15(2)6-8(15)7-18-14(19)13-12(17)10-4-3-9(16)5-11(10)20-13/h3-5,8H,6-7,17H2,1-2H3,(H,18,19). The monoisotopic (exact) mass is 308 g/mol. The summed E-state index contributed by atoms with van der Waals surface area (Å²) < 4.78 is 0.951. The Kier molecular flexibility index (Phi) is 3.18. The van der Waals surface area contributed by atoms with E-state index in [9.17, 15) is 4.79 Å². The molecule has 1 saturated carbocycles. The van der Waals surface area contributed by atoms with Crippen molar-refractivity contribution in [3.8, 4) is 0 Å². The number of nitrogen functional groups attached to an aromatic ring is 1. The Balaban J connectivity index is 1.79. The number of rotatable bonds is 3. The Morgan fingerprint density at radius 3 is 2.90 bits per heavy atom. The van der Waals surface area contributed by atoms with Crippen molar-refractivity contribution in [1.29, 1.82) is 0 Å². The molecule has 1 aliphatic rings. The van der Waals surface area contributed by atoms with Gasteiger partial charge in [-0.25, -0.2) is 0 Å². The van der Waals surface area contributed by atoms with Crippen LogP contribution in [0.15, 0.2) is 18.2 Å². The third kappa shape index (κ3) is 2.38. The van der Waals surface area contributed by atoms with Gasteiger partial charge in [-0.15, -0.1) is 11.3 Å². The van der Waals surface area contributed by atoms with E-state index in [1.807, 2.05) is 12.1 Å². The maximum Gasteiger partial charge on any atom is 0.263 e. The number of benzene rings is 1. The van der Waals surface area contributed by atoms with Crippen molar-refractivity contribution in [1.82, 2.24) is 5.32 Å². The van der Waals surface area contributed by atoms with Gasteiger partial charge in [-0.1, -0.05) is 25.4 Å². The van der Waals surface area contributed by atoms with Gasteiger partial charge in [-0.2, -0.15) is 0 Å². The van der Waals surface area contributed by atoms with Gasteiger partial charge < -0.3 is 11.1 Å². The summed E-state index contributed by atoms with van der Waals surface area (Å²) in [6.07, 6.45) is 1.17. The maximum atomic E-state index is 12.2. The maximum absolute atomic E-state index is 12.2. The molecule has 0 spiro atoms. The van der Waals surface area contributed by atoms with E-state index < -0.39 is 0 Å². The molecule has 1 aromatic heterocycles. The van der Waals surface area contributed by atoms with Crippen LogP contribution in [-0.2, 0) is 0 Å². The fourth-order valence-corrected chi connectivity index (χ4v) is 3.80. The molecular weight excluding hydrogens is 292 g/mol. The second kappa shape index (κ2) is 4.64. The number of amides is 1. The van der Waals surface area contributed by atoms with Crippen molar-refractivity contribution in [2.24, 2.45) is 11.3 Å². The van der Waals surface area contributed by atoms with Crippen LogP contribution >= 0.6 is 22.9 Å². The quantitative estimate of drug-likeness (QED) is 0.903. The van der Waals surface area contributed by atoms with Gasteiger partial charge in [0, 0.05) is 21.7 Å². The van der Waals surface area contributed by atoms with Crippen LogP contribution in [-0.4, -0.2) is 12.5 Å². The Labute approximate surface area is 127 Å². The molecule has 2 aromatic rings. The highest BCUT2D eigenvalue weighted by molar-refractivity contribution is 7.21. The van der Waals surface area contributed by atoms with E-state index in [1.54, 1.807) is 6.07 Å². The van der Waals surface area contributed by atoms with E-state index in [2.05, 4.69) is 19.2 Å². The first-order valence-electron chi connectivity index (χ1n) is 6.64. The topological polar surface area (TPSA) is 55.1 Å². The summed E-state index contributed by atoms with van der Waals surface area (Å²) in [5.41, 5.74) is 6.99. The number of carbonyl (C=O) groups is 1. The van der Waals surface area contributed by atoms with Gasteiger partial charge in [0.05, 0.1) is 5.69 Å². The zero-order valence-electron chi connectivity index (χ0n) is 11.5. The molecule has 1 amide bonds. The zero-order chi connectivity index (χ0) is 14.5. The first-order chi connectivity index (χ1) is 9.38. The van der Waals surface area contributed by atoms with Crippen LogP contribution in [0.1, 0.15) is 29.9 Å². The summed E-state index contributed by atoms with van der Waals surface area (Å²) in [6, 6.07) is 5.50. The van der Waals surface area contributed by atoms with Crippen LogP contribution in [0, 0.1) is 11.3 Å². The number of thiophene rings is 1. The smallest absolute Gasteiger partial charge is 0.263 e. The molecule has 106 valence electrons. The number of carbonyl (C=O) groups excluding carboxylic acids is 1. The van der Waals surface area contributed by atoms with E-state index in [1.165, 1.54) is 17.8 Å². The Morgan fingerprint density at radius 1 is 1.55 bits per heavy atom. The fraction of sp³-hybridized carbons (Fsp3) is 0.400. The molecule has 3 nitrogen and oxygen atoms in total. The van der Waals surface area contributed by atoms with Crippen LogP contribution in [0.25, 0.3) is 10.1 Å². The minimum Gasteiger partial charge on any atom is -0.397 e. The molecule has 0 bridgehead atoms. The van der Waals surface area contributed by atoms with Crippen LogP contribution in [0.2, 0.25) is 5.02 Å². The van der Waals surface area contributed by atoms with Crippen molar-refractivity contribution in [3.63, 3.8) is 0 Å². The second-order valence-electron chi connectivity index (χ2n) is 6.08. The van der Waals surface area contributed by atoms with E-state index in [0.29, 0.717) is 26.9 Å². The Morgan fingerprint density at radius 2 is 2.25 bits per heavy atom. The molecule has 0 aliphatic heterocycles. The third-order valence-corrected chi connectivity index (χ3v) is 5.53. The number of nitrogens with two attached hydrogens (primary N) is 1. The minimum absolute atomic E-state index is 0.0810. The van der Waals surface area contributed by atoms with Crippen LogP contribution in [0.3, 0.4) is 0 Å². The predicted octanol–water partition coefficient (Wildman–Crippen LogP) is 3.91. The molecule has 1 heterocycles. The molecule has 1 unspecified atom stereocenters. The van der Waals surface area contributed by atoms with Gasteiger partial charge in [0.2, 0.25) is 0 Å². The van der Waals surface area contributed by atoms with Gasteiger partial charge in [0.25, 0.3) is 5.91 Å². The lowest BCUT2D eigenvalue weighted by molar-refractivity contribution is 0.0955. The van der Waals surface area contributed by atoms with Crippen LogP contribution < -0.4 is 11.1 Å². The molecule has 1 aromatic carbocycles. The first kappa shape index (κ1) is 13.7. The summed E-state index contributed by atoms with van der Waals surface area (Å²) in [6.45, 7) is 5.17. The van der Waals surface area contributed by atoms with Gasteiger partial charge in [-0.05, 0) is 36.0 Å². The lowest BCUT2D eigenvalue weighted by Crippen LogP contribution is -2.26. The SMILES string of the molecule is CC1(C)CC1CNC(=O)c1sc2cc(Cl)ccc2c1N. The van der Waals surface area contributed by atoms with E-state index in [0.717, 1.165) is 16.6 Å². The summed E-state index contributed by atoms with van der Waals surface area (Å²) in [4.78, 5) is 12.8. The number of nitrogens with one attached hydrogen (secondary N) is 1. The molecule has 3 N–H and O–H groups in total. The van der Waals surface area contributed by atoms with Crippen molar-refractivity contribution in [2.75, 3.05) is 12.3 Å². The summed E-state index contributed by atoms with van der Waals surface area (Å²) in [5.74, 6) is 0.499. The molecule has 1 atom stereocenters. The highest BCUT2D eigenvalue weighted by atomic mass is 35.5. The summed E-state index contributed by atoms with van der Waals surface area (Å²) >= 11 is 7.36. The lowest BCUT2D eigenvalue weighted by Gasteiger charge is -2.05. The molecule has 20 heavy (non-hydrogen) atoms. The molecule has 0 saturated heterocycles. The molecule has 1 fully saturated rings. The van der Waals surface area contributed by atoms with Crippen molar-refractivity contribution in [3.05, 3.63) is 28.1 Å². The summed E-state index contributed by atoms with van der Waals surface area (Å²) in [7, 11) is 0. The number of fused-ring (bicyclic) bond motifs is 1. The molecular formula is C15H17ClN2OS. The van der Waals surface area contributed by atoms with E-state index >= 15 is 0 Å². The second-order valence-corrected chi connectivity index (χ2v) is 7.57. The number of anilines is 1. The number of hydrogen-bond acceptors (Lipinski definition) is 3. The van der Waals surface area contributed by atoms with E-state index in [-0.39, 0.29) is 5.91 Å². The molecule has 1 aliphatic carbocycles. The highest BCUT2D eigenvalue weighted by Crippen LogP contribution is 2.51. The van der Waals surface area contributed by atoms with Gasteiger partial charge >= 0.3 is 0 Å². The van der Waals surface area contributed by atoms with E-state index in [4.69, 9.17) is 17.3 Å². The van der Waals surface area contributed by atoms with Crippen molar-refractivity contribution < 1.29 is 4.79 Å². The number of halogens is 1. The third-order valence-electron chi connectivity index (χ3n) is 4.12. The Bertz CT molecular complexity index is 692. The highest BCUT2D eigenvalue weighted by Gasteiger charge is 2.45. The molecule has 5 heteroatoms. The van der Waals surface area contributed by atoms with Gasteiger partial charge in [0.1, 0.15) is 4.88 Å². The van der Waals surface area contributed by atoms with Crippen LogP contribution in [0.4, 0.5) is 5.69 Å². The zero-order valence-corrected chi connectivity index (χ0v) is 13.1. The molecule has 3 rings (SSSR count). The fourth-order valence-electron chi connectivity index (χ4n) is 2.48. The Hall–Kier alpha value is -1.26.